The lowest BCUT2D eigenvalue weighted by Crippen LogP contribution is -2.33. The van der Waals surface area contributed by atoms with E-state index in [9.17, 15) is 9.59 Å². The second-order valence-electron chi connectivity index (χ2n) is 10.8. The summed E-state index contributed by atoms with van der Waals surface area (Å²) in [6.07, 6.45) is 1.52. The molecular formula is C35H37N3O2. The van der Waals surface area contributed by atoms with E-state index in [1.54, 1.807) is 0 Å². The molecule has 2 N–H and O–H groups in total. The molecule has 1 atom stereocenters. The van der Waals surface area contributed by atoms with Gasteiger partial charge in [-0.15, -0.1) is 0 Å². The van der Waals surface area contributed by atoms with Crippen molar-refractivity contribution in [1.29, 1.82) is 0 Å². The fraction of sp³-hybridized carbons (Fsp3) is 0.257. The van der Waals surface area contributed by atoms with Crippen LogP contribution < -0.4 is 10.6 Å². The molecule has 4 aromatic carbocycles. The Labute approximate surface area is 237 Å². The maximum absolute atomic E-state index is 13.1. The summed E-state index contributed by atoms with van der Waals surface area (Å²) in [5.41, 5.74) is 5.71. The molecule has 1 unspecified atom stereocenters. The van der Waals surface area contributed by atoms with Crippen molar-refractivity contribution in [2.45, 2.75) is 38.8 Å². The number of anilines is 1. The normalized spacial score (nSPS) is 14.4. The van der Waals surface area contributed by atoms with Gasteiger partial charge in [-0.05, 0) is 60.2 Å². The predicted octanol–water partition coefficient (Wildman–Crippen LogP) is 7.25. The molecule has 5 rings (SSSR count). The first kappa shape index (κ1) is 27.2. The topological polar surface area (TPSA) is 61.4 Å². The van der Waals surface area contributed by atoms with Gasteiger partial charge in [0.05, 0.1) is 0 Å². The van der Waals surface area contributed by atoms with Gasteiger partial charge < -0.3 is 15.5 Å². The third kappa shape index (κ3) is 6.26. The van der Waals surface area contributed by atoms with Gasteiger partial charge in [0.1, 0.15) is 6.17 Å². The molecule has 5 nitrogen and oxygen atoms in total. The highest BCUT2D eigenvalue weighted by Crippen LogP contribution is 2.35. The van der Waals surface area contributed by atoms with Gasteiger partial charge in [0.15, 0.2) is 0 Å². The number of nitrogens with one attached hydrogen (secondary N) is 2. The lowest BCUT2D eigenvalue weighted by atomic mass is 9.88. The van der Waals surface area contributed by atoms with Gasteiger partial charge in [-0.1, -0.05) is 92.7 Å². The van der Waals surface area contributed by atoms with Gasteiger partial charge in [0.2, 0.25) is 0 Å². The maximum atomic E-state index is 13.1. The molecule has 0 spiro atoms. The molecule has 1 heterocycles. The summed E-state index contributed by atoms with van der Waals surface area (Å²) in [5.74, 6) is 0.691. The van der Waals surface area contributed by atoms with E-state index in [0.717, 1.165) is 29.7 Å². The summed E-state index contributed by atoms with van der Waals surface area (Å²) in [7, 11) is 0. The van der Waals surface area contributed by atoms with Gasteiger partial charge in [-0.25, -0.2) is 0 Å². The number of carbonyl (C=O) groups is 2. The minimum absolute atomic E-state index is 0.0639. The van der Waals surface area contributed by atoms with Crippen molar-refractivity contribution in [2.75, 3.05) is 18.4 Å². The first-order chi connectivity index (χ1) is 19.5. The monoisotopic (exact) mass is 531 g/mol. The first-order valence-corrected chi connectivity index (χ1v) is 14.2. The Balaban J connectivity index is 1.22. The molecule has 40 heavy (non-hydrogen) atoms. The van der Waals surface area contributed by atoms with Gasteiger partial charge in [0, 0.05) is 41.4 Å². The fourth-order valence-electron chi connectivity index (χ4n) is 5.36. The highest BCUT2D eigenvalue weighted by atomic mass is 16.2. The van der Waals surface area contributed by atoms with Gasteiger partial charge >= 0.3 is 0 Å². The van der Waals surface area contributed by atoms with Crippen LogP contribution in [0.3, 0.4) is 0 Å². The molecule has 5 heteroatoms. The Kier molecular flexibility index (Phi) is 8.60. The number of benzene rings is 4. The zero-order valence-electron chi connectivity index (χ0n) is 23.2. The summed E-state index contributed by atoms with van der Waals surface area (Å²) in [5, 5.41) is 6.64. The van der Waals surface area contributed by atoms with Crippen LogP contribution in [0.4, 0.5) is 5.69 Å². The second kappa shape index (κ2) is 12.6. The van der Waals surface area contributed by atoms with Crippen molar-refractivity contribution in [1.82, 2.24) is 10.2 Å². The number of nitrogens with zero attached hydrogens (tertiary/aromatic N) is 1. The molecule has 0 aromatic heterocycles. The minimum atomic E-state index is -0.227. The van der Waals surface area contributed by atoms with Gasteiger partial charge in [-0.2, -0.15) is 0 Å². The number of fused-ring (bicyclic) bond motifs is 1. The third-order valence-corrected chi connectivity index (χ3v) is 7.58. The van der Waals surface area contributed by atoms with E-state index in [1.165, 1.54) is 11.1 Å². The Hall–Kier alpha value is -4.38. The Morgan fingerprint density at radius 2 is 1.38 bits per heavy atom. The zero-order valence-corrected chi connectivity index (χ0v) is 23.2. The molecule has 0 aliphatic carbocycles. The predicted molar refractivity (Wildman–Crippen MR) is 161 cm³/mol. The molecule has 204 valence electrons. The molecule has 1 aliphatic heterocycles. The average Bonchev–Trinajstić information content (AvgIpc) is 3.25. The highest BCUT2D eigenvalue weighted by Gasteiger charge is 2.36. The van der Waals surface area contributed by atoms with Crippen molar-refractivity contribution in [3.8, 4) is 0 Å². The summed E-state index contributed by atoms with van der Waals surface area (Å²) >= 11 is 0. The molecule has 0 fully saturated rings. The van der Waals surface area contributed by atoms with E-state index in [4.69, 9.17) is 0 Å². The summed E-state index contributed by atoms with van der Waals surface area (Å²) in [4.78, 5) is 28.0. The van der Waals surface area contributed by atoms with Crippen LogP contribution in [0.25, 0.3) is 0 Å². The van der Waals surface area contributed by atoms with Crippen molar-refractivity contribution in [3.05, 3.63) is 137 Å². The van der Waals surface area contributed by atoms with Crippen molar-refractivity contribution in [3.63, 3.8) is 0 Å². The van der Waals surface area contributed by atoms with Gasteiger partial charge in [0.25, 0.3) is 11.8 Å². The summed E-state index contributed by atoms with van der Waals surface area (Å²) < 4.78 is 0. The first-order valence-electron chi connectivity index (χ1n) is 14.2. The molecule has 2 amide bonds. The number of hydrogen-bond acceptors (Lipinski definition) is 3. The van der Waals surface area contributed by atoms with Crippen LogP contribution in [-0.4, -0.2) is 29.8 Å². The smallest absolute Gasteiger partial charge is 0.256 e. The van der Waals surface area contributed by atoms with Gasteiger partial charge in [-0.3, -0.25) is 9.59 Å². The number of rotatable bonds is 11. The Morgan fingerprint density at radius 1 is 0.775 bits per heavy atom. The lowest BCUT2D eigenvalue weighted by molar-refractivity contribution is 0.0734. The zero-order chi connectivity index (χ0) is 27.9. The van der Waals surface area contributed by atoms with E-state index < -0.39 is 0 Å². The standard InChI is InChI=1S/C35H37N3O2/c1-25(2)22-24-38-33(31-15-9-10-16-32(31)35(38)40)37-29-19-17-28(18-20-29)34(39)36-23-21-30(26-11-5-3-6-12-26)27-13-7-4-8-14-27/h3-20,25,30,33,37H,21-24H2,1-2H3,(H,36,39). The minimum Gasteiger partial charge on any atom is -0.361 e. The molecule has 0 saturated heterocycles. The third-order valence-electron chi connectivity index (χ3n) is 7.58. The van der Waals surface area contributed by atoms with Crippen LogP contribution in [-0.2, 0) is 0 Å². The molecule has 0 radical (unpaired) electrons. The van der Waals surface area contributed by atoms with Crippen LogP contribution >= 0.6 is 0 Å². The summed E-state index contributed by atoms with van der Waals surface area (Å²) in [6.45, 7) is 5.60. The van der Waals surface area contributed by atoms with Crippen molar-refractivity contribution < 1.29 is 9.59 Å². The largest absolute Gasteiger partial charge is 0.361 e. The SMILES string of the molecule is CC(C)CCN1C(=O)c2ccccc2C1Nc1ccc(C(=O)NCCC(c2ccccc2)c2ccccc2)cc1. The van der Waals surface area contributed by atoms with Crippen LogP contribution in [0.5, 0.6) is 0 Å². The van der Waals surface area contributed by atoms with Crippen LogP contribution in [0, 0.1) is 5.92 Å². The molecular weight excluding hydrogens is 494 g/mol. The Morgan fingerprint density at radius 3 is 2.00 bits per heavy atom. The highest BCUT2D eigenvalue weighted by molar-refractivity contribution is 5.99. The maximum Gasteiger partial charge on any atom is 0.256 e. The number of amides is 2. The van der Waals surface area contributed by atoms with Crippen LogP contribution in [0.15, 0.2) is 109 Å². The molecule has 4 aromatic rings. The number of hydrogen-bond donors (Lipinski definition) is 2. The van der Waals surface area contributed by atoms with E-state index in [-0.39, 0.29) is 23.9 Å². The molecule has 0 saturated carbocycles. The van der Waals surface area contributed by atoms with E-state index in [1.807, 2.05) is 65.6 Å². The van der Waals surface area contributed by atoms with E-state index in [2.05, 4.69) is 73.0 Å². The van der Waals surface area contributed by atoms with E-state index >= 15 is 0 Å². The fourth-order valence-corrected chi connectivity index (χ4v) is 5.36. The van der Waals surface area contributed by atoms with Crippen LogP contribution in [0.1, 0.15) is 76.2 Å². The van der Waals surface area contributed by atoms with Crippen molar-refractivity contribution in [2.24, 2.45) is 5.92 Å². The van der Waals surface area contributed by atoms with E-state index in [0.29, 0.717) is 24.6 Å². The number of carbonyl (C=O) groups excluding carboxylic acids is 2. The average molecular weight is 532 g/mol. The second-order valence-corrected chi connectivity index (χ2v) is 10.8. The Bertz CT molecular complexity index is 1380. The van der Waals surface area contributed by atoms with Crippen LogP contribution in [0.2, 0.25) is 0 Å². The quantitative estimate of drug-likeness (QED) is 0.214. The van der Waals surface area contributed by atoms with Crippen molar-refractivity contribution >= 4 is 17.5 Å². The lowest BCUT2D eigenvalue weighted by Gasteiger charge is -2.28. The molecule has 0 bridgehead atoms. The molecule has 1 aliphatic rings. The summed E-state index contributed by atoms with van der Waals surface area (Å²) in [6, 6.07) is 36.2.